The number of carboxylic acid groups (broad SMARTS) is 2. The zero-order valence-electron chi connectivity index (χ0n) is 12.4. The fourth-order valence-corrected chi connectivity index (χ4v) is 3.09. The third-order valence-electron chi connectivity index (χ3n) is 4.52. The number of benzene rings is 1. The molecule has 0 aromatic heterocycles. The topological polar surface area (TPSA) is 83.8 Å². The van der Waals surface area contributed by atoms with E-state index in [9.17, 15) is 19.8 Å². The van der Waals surface area contributed by atoms with Crippen molar-refractivity contribution in [2.75, 3.05) is 6.61 Å². The summed E-state index contributed by atoms with van der Waals surface area (Å²) in [5.41, 5.74) is -1.94. The van der Waals surface area contributed by atoms with Crippen LogP contribution in [-0.2, 0) is 16.1 Å². The summed E-state index contributed by atoms with van der Waals surface area (Å²) in [4.78, 5) is 23.9. The van der Waals surface area contributed by atoms with Crippen LogP contribution >= 0.6 is 0 Å². The smallest absolute Gasteiger partial charge is 0.477 e. The molecule has 21 heavy (non-hydrogen) atoms. The maximum atomic E-state index is 12.1. The summed E-state index contributed by atoms with van der Waals surface area (Å²) in [6.45, 7) is 4.58. The summed E-state index contributed by atoms with van der Waals surface area (Å²) in [6, 6.07) is 9.02. The molecular formula is C15H20NO5+. The molecule has 0 aliphatic carbocycles. The van der Waals surface area contributed by atoms with E-state index in [0.717, 1.165) is 5.56 Å². The number of carbonyl (C=O) groups is 2. The van der Waals surface area contributed by atoms with E-state index in [1.54, 1.807) is 38.1 Å². The fourth-order valence-electron chi connectivity index (χ4n) is 3.09. The van der Waals surface area contributed by atoms with Crippen LogP contribution in [-0.4, -0.2) is 44.6 Å². The molecule has 0 saturated carbocycles. The minimum absolute atomic E-state index is 0.0476. The van der Waals surface area contributed by atoms with Crippen molar-refractivity contribution in [2.45, 2.75) is 38.6 Å². The van der Waals surface area contributed by atoms with Crippen molar-refractivity contribution >= 4 is 12.1 Å². The predicted molar refractivity (Wildman–Crippen MR) is 74.5 cm³/mol. The van der Waals surface area contributed by atoms with Gasteiger partial charge in [0.1, 0.15) is 13.2 Å². The van der Waals surface area contributed by atoms with Crippen LogP contribution in [0, 0.1) is 0 Å². The molecule has 1 aliphatic heterocycles. The number of hydrogen-bond acceptors (Lipinski definition) is 3. The highest BCUT2D eigenvalue weighted by molar-refractivity contribution is 5.80. The molecule has 1 aromatic carbocycles. The van der Waals surface area contributed by atoms with Crippen LogP contribution in [0.15, 0.2) is 30.3 Å². The Morgan fingerprint density at radius 2 is 1.76 bits per heavy atom. The van der Waals surface area contributed by atoms with E-state index in [2.05, 4.69) is 0 Å². The lowest BCUT2D eigenvalue weighted by Gasteiger charge is -2.44. The summed E-state index contributed by atoms with van der Waals surface area (Å²) in [6.07, 6.45) is -1.20. The predicted octanol–water partition coefficient (Wildman–Crippen LogP) is 2.29. The minimum Gasteiger partial charge on any atom is -0.477 e. The Morgan fingerprint density at radius 3 is 2.24 bits per heavy atom. The van der Waals surface area contributed by atoms with Gasteiger partial charge in [-0.05, 0) is 0 Å². The second kappa shape index (κ2) is 4.82. The molecule has 1 saturated heterocycles. The quantitative estimate of drug-likeness (QED) is 0.836. The SMILES string of the molecule is CC1(C)OCC(C)(C(=O)O)[N@+]1(Cc1ccccc1)C(=O)O. The van der Waals surface area contributed by atoms with Crippen LogP contribution < -0.4 is 0 Å². The summed E-state index contributed by atoms with van der Waals surface area (Å²) in [7, 11) is 0. The molecule has 1 aromatic rings. The van der Waals surface area contributed by atoms with Crippen molar-refractivity contribution in [3.63, 3.8) is 0 Å². The van der Waals surface area contributed by atoms with Gasteiger partial charge in [0, 0.05) is 26.3 Å². The van der Waals surface area contributed by atoms with Crippen LogP contribution in [0.1, 0.15) is 26.3 Å². The third-order valence-corrected chi connectivity index (χ3v) is 4.52. The van der Waals surface area contributed by atoms with Gasteiger partial charge in [-0.1, -0.05) is 30.3 Å². The van der Waals surface area contributed by atoms with Crippen LogP contribution in [0.25, 0.3) is 0 Å². The van der Waals surface area contributed by atoms with Crippen molar-refractivity contribution in [1.82, 2.24) is 0 Å². The zero-order valence-corrected chi connectivity index (χ0v) is 12.4. The van der Waals surface area contributed by atoms with Gasteiger partial charge in [0.2, 0.25) is 11.3 Å². The molecule has 0 bridgehead atoms. The number of rotatable bonds is 3. The largest absolute Gasteiger partial charge is 0.517 e. The second-order valence-electron chi connectivity index (χ2n) is 6.05. The first-order valence-electron chi connectivity index (χ1n) is 6.70. The molecule has 2 N–H and O–H groups in total. The highest BCUT2D eigenvalue weighted by Gasteiger charge is 2.72. The Morgan fingerprint density at radius 1 is 1.19 bits per heavy atom. The van der Waals surface area contributed by atoms with Gasteiger partial charge in [-0.25, -0.2) is 4.79 Å². The Labute approximate surface area is 123 Å². The van der Waals surface area contributed by atoms with E-state index in [4.69, 9.17) is 4.74 Å². The molecule has 114 valence electrons. The summed E-state index contributed by atoms with van der Waals surface area (Å²) < 4.78 is 4.88. The number of aliphatic carboxylic acids is 1. The number of nitrogens with zero attached hydrogens (tertiary/aromatic N) is 1. The first kappa shape index (κ1) is 15.5. The molecule has 0 radical (unpaired) electrons. The molecule has 1 amide bonds. The van der Waals surface area contributed by atoms with Gasteiger partial charge < -0.3 is 14.9 Å². The summed E-state index contributed by atoms with van der Waals surface area (Å²) >= 11 is 0. The molecule has 6 nitrogen and oxygen atoms in total. The van der Waals surface area contributed by atoms with Crippen molar-refractivity contribution in [1.29, 1.82) is 0 Å². The lowest BCUT2D eigenvalue weighted by molar-refractivity contribution is -0.952. The monoisotopic (exact) mass is 294 g/mol. The summed E-state index contributed by atoms with van der Waals surface area (Å²) in [5, 5.41) is 19.5. The standard InChI is InChI=1S/C15H19NO5/c1-14(2)16(13(19)20,9-11-7-5-4-6-8-11)15(3,10-21-14)12(17)18/h4-8H,9-10H2,1-3H3,(H-,17,18,19,20)/p+1/t15?,16-/m1/s1. The Bertz CT molecular complexity index is 571. The van der Waals surface area contributed by atoms with Crippen LogP contribution in [0.4, 0.5) is 4.79 Å². The van der Waals surface area contributed by atoms with Gasteiger partial charge in [-0.15, -0.1) is 0 Å². The third kappa shape index (κ3) is 2.02. The van der Waals surface area contributed by atoms with Crippen molar-refractivity contribution in [2.24, 2.45) is 0 Å². The molecule has 6 heteroatoms. The lowest BCUT2D eigenvalue weighted by Crippen LogP contribution is -2.72. The average molecular weight is 294 g/mol. The minimum atomic E-state index is -1.55. The fraction of sp³-hybridized carbons (Fsp3) is 0.467. The maximum Gasteiger partial charge on any atom is 0.517 e. The maximum absolute atomic E-state index is 12.1. The van der Waals surface area contributed by atoms with Gasteiger partial charge in [-0.2, -0.15) is 9.28 Å². The Kier molecular flexibility index (Phi) is 3.55. The van der Waals surface area contributed by atoms with Gasteiger partial charge in [0.15, 0.2) is 0 Å². The lowest BCUT2D eigenvalue weighted by atomic mass is 9.94. The Balaban J connectivity index is 2.62. The van der Waals surface area contributed by atoms with Crippen molar-refractivity contribution < 1.29 is 29.0 Å². The second-order valence-corrected chi connectivity index (χ2v) is 6.05. The van der Waals surface area contributed by atoms with Gasteiger partial charge in [0.25, 0.3) is 0 Å². The Hall–Kier alpha value is -1.92. The number of amides is 1. The van der Waals surface area contributed by atoms with E-state index >= 15 is 0 Å². The zero-order chi connectivity index (χ0) is 15.9. The molecule has 0 spiro atoms. The van der Waals surface area contributed by atoms with E-state index in [1.807, 2.05) is 6.07 Å². The van der Waals surface area contributed by atoms with E-state index < -0.39 is 27.8 Å². The molecule has 1 heterocycles. The van der Waals surface area contributed by atoms with Gasteiger partial charge in [0.05, 0.1) is 0 Å². The molecule has 1 aliphatic rings. The van der Waals surface area contributed by atoms with E-state index in [1.165, 1.54) is 6.92 Å². The number of ether oxygens (including phenoxy) is 1. The van der Waals surface area contributed by atoms with E-state index in [-0.39, 0.29) is 13.2 Å². The molecule has 2 rings (SSSR count). The molecule has 1 unspecified atom stereocenters. The van der Waals surface area contributed by atoms with E-state index in [0.29, 0.717) is 0 Å². The van der Waals surface area contributed by atoms with Crippen molar-refractivity contribution in [3.05, 3.63) is 35.9 Å². The highest BCUT2D eigenvalue weighted by atomic mass is 16.6. The van der Waals surface area contributed by atoms with Crippen molar-refractivity contribution in [3.8, 4) is 0 Å². The number of hydrogen-bond donors (Lipinski definition) is 2. The first-order chi connectivity index (χ1) is 9.67. The summed E-state index contributed by atoms with van der Waals surface area (Å²) in [5.74, 6) is -1.17. The number of carboxylic acids is 1. The van der Waals surface area contributed by atoms with Gasteiger partial charge >= 0.3 is 12.1 Å². The van der Waals surface area contributed by atoms with Crippen LogP contribution in [0.5, 0.6) is 0 Å². The normalized spacial score (nSPS) is 31.0. The van der Waals surface area contributed by atoms with Crippen LogP contribution in [0.2, 0.25) is 0 Å². The van der Waals surface area contributed by atoms with Gasteiger partial charge in [-0.3, -0.25) is 0 Å². The highest BCUT2D eigenvalue weighted by Crippen LogP contribution is 2.45. The molecular weight excluding hydrogens is 274 g/mol. The first-order valence-corrected chi connectivity index (χ1v) is 6.70. The van der Waals surface area contributed by atoms with Crippen LogP contribution in [0.3, 0.4) is 0 Å². The molecule has 2 atom stereocenters. The molecule has 1 fully saturated rings. The average Bonchev–Trinajstić information content (AvgIpc) is 2.62. The number of quaternary nitrogens is 1.